The van der Waals surface area contributed by atoms with Crippen LogP contribution in [-0.4, -0.2) is 40.4 Å². The van der Waals surface area contributed by atoms with Crippen LogP contribution in [0.4, 0.5) is 13.2 Å². The molecular weight excluding hydrogens is 231 g/mol. The van der Waals surface area contributed by atoms with E-state index in [-0.39, 0.29) is 23.3 Å². The van der Waals surface area contributed by atoms with Crippen LogP contribution in [0.2, 0.25) is 0 Å². The van der Waals surface area contributed by atoms with Crippen LogP contribution < -0.4 is 0 Å². The van der Waals surface area contributed by atoms with Gasteiger partial charge in [-0.3, -0.25) is 9.59 Å². The fourth-order valence-electron chi connectivity index (χ4n) is 1.42. The number of thioether (sulfide) groups is 1. The molecule has 0 N–H and O–H groups in total. The molecule has 1 rings (SSSR count). The number of carbonyl (C=O) groups is 2. The summed E-state index contributed by atoms with van der Waals surface area (Å²) in [6.07, 6.45) is -4.36. The molecule has 0 aromatic heterocycles. The van der Waals surface area contributed by atoms with Gasteiger partial charge in [-0.05, 0) is 0 Å². The molecule has 1 aliphatic rings. The molecule has 86 valence electrons. The highest BCUT2D eigenvalue weighted by molar-refractivity contribution is 8.14. The summed E-state index contributed by atoms with van der Waals surface area (Å²) in [4.78, 5) is 22.6. The Morgan fingerprint density at radius 2 is 2.20 bits per heavy atom. The van der Waals surface area contributed by atoms with E-state index in [2.05, 4.69) is 0 Å². The molecule has 1 saturated heterocycles. The summed E-state index contributed by atoms with van der Waals surface area (Å²) in [5.41, 5.74) is 0. The number of amides is 1. The number of hydrogen-bond donors (Lipinski definition) is 0. The molecule has 0 radical (unpaired) electrons. The third-order valence-corrected chi connectivity index (χ3v) is 2.86. The second-order valence-electron chi connectivity index (χ2n) is 3.33. The Morgan fingerprint density at radius 1 is 1.60 bits per heavy atom. The minimum atomic E-state index is -4.37. The van der Waals surface area contributed by atoms with E-state index in [0.29, 0.717) is 0 Å². The monoisotopic (exact) mass is 241 g/mol. The molecule has 1 heterocycles. The molecule has 0 spiro atoms. The summed E-state index contributed by atoms with van der Waals surface area (Å²) in [6.45, 7) is 0.116. The number of hydrogen-bond acceptors (Lipinski definition) is 3. The number of alkyl halides is 3. The molecule has 0 saturated carbocycles. The van der Waals surface area contributed by atoms with Crippen LogP contribution in [0.15, 0.2) is 0 Å². The number of carbonyl (C=O) groups excluding carboxylic acids is 2. The van der Waals surface area contributed by atoms with Crippen LogP contribution in [0.5, 0.6) is 0 Å². The SMILES string of the molecule is CC(=O)SC1CC(=O)N(CC(F)(F)F)C1. The Bertz CT molecular complexity index is 280. The van der Waals surface area contributed by atoms with Crippen LogP contribution in [0, 0.1) is 0 Å². The van der Waals surface area contributed by atoms with Gasteiger partial charge in [0.05, 0.1) is 0 Å². The van der Waals surface area contributed by atoms with Gasteiger partial charge in [-0.15, -0.1) is 0 Å². The normalized spacial score (nSPS) is 22.3. The van der Waals surface area contributed by atoms with Gasteiger partial charge in [-0.25, -0.2) is 0 Å². The van der Waals surface area contributed by atoms with Crippen LogP contribution in [0.25, 0.3) is 0 Å². The van der Waals surface area contributed by atoms with Crippen molar-refractivity contribution in [3.8, 4) is 0 Å². The van der Waals surface area contributed by atoms with E-state index < -0.39 is 18.6 Å². The molecule has 15 heavy (non-hydrogen) atoms. The van der Waals surface area contributed by atoms with Gasteiger partial charge >= 0.3 is 6.18 Å². The molecule has 1 amide bonds. The van der Waals surface area contributed by atoms with Crippen molar-refractivity contribution in [3.05, 3.63) is 0 Å². The van der Waals surface area contributed by atoms with Crippen molar-refractivity contribution in [3.63, 3.8) is 0 Å². The minimum Gasteiger partial charge on any atom is -0.332 e. The highest BCUT2D eigenvalue weighted by Gasteiger charge is 2.38. The predicted molar refractivity (Wildman–Crippen MR) is 49.3 cm³/mol. The third-order valence-electron chi connectivity index (χ3n) is 1.88. The standard InChI is InChI=1S/C8H10F3NO2S/c1-5(13)15-6-2-7(14)12(3-6)4-8(9,10)11/h6H,2-4H2,1H3. The van der Waals surface area contributed by atoms with Crippen LogP contribution in [0.1, 0.15) is 13.3 Å². The average Bonchev–Trinajstić information content (AvgIpc) is 2.26. The first-order chi connectivity index (χ1) is 6.78. The Hall–Kier alpha value is -0.720. The Labute approximate surface area is 89.0 Å². The smallest absolute Gasteiger partial charge is 0.332 e. The van der Waals surface area contributed by atoms with Gasteiger partial charge < -0.3 is 4.90 Å². The number of nitrogens with zero attached hydrogens (tertiary/aromatic N) is 1. The van der Waals surface area contributed by atoms with E-state index in [1.807, 2.05) is 0 Å². The molecule has 1 atom stereocenters. The van der Waals surface area contributed by atoms with Crippen molar-refractivity contribution in [2.75, 3.05) is 13.1 Å². The molecule has 1 aliphatic heterocycles. The first-order valence-corrected chi connectivity index (χ1v) is 5.17. The van der Waals surface area contributed by atoms with Crippen molar-refractivity contribution in [1.82, 2.24) is 4.90 Å². The van der Waals surface area contributed by atoms with Gasteiger partial charge in [0.2, 0.25) is 5.91 Å². The maximum Gasteiger partial charge on any atom is 0.406 e. The average molecular weight is 241 g/mol. The van der Waals surface area contributed by atoms with Crippen LogP contribution >= 0.6 is 11.8 Å². The molecule has 0 aromatic rings. The summed E-state index contributed by atoms with van der Waals surface area (Å²) in [5, 5.41) is -0.515. The summed E-state index contributed by atoms with van der Waals surface area (Å²) in [6, 6.07) is 0. The maximum atomic E-state index is 12.0. The third kappa shape index (κ3) is 4.11. The molecule has 7 heteroatoms. The Morgan fingerprint density at radius 3 is 2.67 bits per heavy atom. The largest absolute Gasteiger partial charge is 0.406 e. The van der Waals surface area contributed by atoms with Gasteiger partial charge in [0, 0.05) is 25.1 Å². The molecule has 0 aliphatic carbocycles. The topological polar surface area (TPSA) is 37.4 Å². The zero-order valence-electron chi connectivity index (χ0n) is 8.00. The Kier molecular flexibility index (Phi) is 3.64. The van der Waals surface area contributed by atoms with Gasteiger partial charge in [-0.2, -0.15) is 13.2 Å². The molecule has 0 bridgehead atoms. The zero-order chi connectivity index (χ0) is 11.6. The second kappa shape index (κ2) is 4.42. The Balaban J connectivity index is 2.50. The van der Waals surface area contributed by atoms with Crippen molar-refractivity contribution >= 4 is 22.8 Å². The highest BCUT2D eigenvalue weighted by atomic mass is 32.2. The van der Waals surface area contributed by atoms with Crippen molar-refractivity contribution in [2.24, 2.45) is 0 Å². The van der Waals surface area contributed by atoms with Gasteiger partial charge in [0.25, 0.3) is 0 Å². The van der Waals surface area contributed by atoms with E-state index in [1.165, 1.54) is 6.92 Å². The number of rotatable bonds is 2. The lowest BCUT2D eigenvalue weighted by Gasteiger charge is -2.17. The van der Waals surface area contributed by atoms with Crippen LogP contribution in [-0.2, 0) is 9.59 Å². The van der Waals surface area contributed by atoms with E-state index >= 15 is 0 Å². The second-order valence-corrected chi connectivity index (χ2v) is 4.80. The maximum absolute atomic E-state index is 12.0. The lowest BCUT2D eigenvalue weighted by molar-refractivity contribution is -0.157. The highest BCUT2D eigenvalue weighted by Crippen LogP contribution is 2.27. The quantitative estimate of drug-likeness (QED) is 0.734. The van der Waals surface area contributed by atoms with E-state index in [0.717, 1.165) is 16.7 Å². The van der Waals surface area contributed by atoms with Crippen molar-refractivity contribution < 1.29 is 22.8 Å². The zero-order valence-corrected chi connectivity index (χ0v) is 8.82. The van der Waals surface area contributed by atoms with Gasteiger partial charge in [-0.1, -0.05) is 11.8 Å². The lowest BCUT2D eigenvalue weighted by atomic mass is 10.4. The van der Waals surface area contributed by atoms with Gasteiger partial charge in [0.15, 0.2) is 5.12 Å². The fraction of sp³-hybridized carbons (Fsp3) is 0.750. The number of halogens is 3. The van der Waals surface area contributed by atoms with E-state index in [4.69, 9.17) is 0 Å². The fourth-order valence-corrected chi connectivity index (χ4v) is 2.37. The van der Waals surface area contributed by atoms with Gasteiger partial charge in [0.1, 0.15) is 6.54 Å². The van der Waals surface area contributed by atoms with E-state index in [9.17, 15) is 22.8 Å². The minimum absolute atomic E-state index is 0.00257. The molecule has 3 nitrogen and oxygen atoms in total. The van der Waals surface area contributed by atoms with Crippen LogP contribution in [0.3, 0.4) is 0 Å². The summed E-state index contributed by atoms with van der Waals surface area (Å²) in [5.74, 6) is -0.536. The van der Waals surface area contributed by atoms with E-state index in [1.54, 1.807) is 0 Å². The first-order valence-electron chi connectivity index (χ1n) is 4.29. The first kappa shape index (κ1) is 12.4. The summed E-state index contributed by atoms with van der Waals surface area (Å²) < 4.78 is 36.0. The molecule has 1 unspecified atom stereocenters. The lowest BCUT2D eigenvalue weighted by Crippen LogP contribution is -2.35. The van der Waals surface area contributed by atoms with Crippen molar-refractivity contribution in [2.45, 2.75) is 24.8 Å². The molecular formula is C8H10F3NO2S. The van der Waals surface area contributed by atoms with Crippen molar-refractivity contribution in [1.29, 1.82) is 0 Å². The molecule has 0 aromatic carbocycles. The molecule has 1 fully saturated rings. The number of likely N-dealkylation sites (tertiary alicyclic amines) is 1. The summed E-state index contributed by atoms with van der Waals surface area (Å²) >= 11 is 0.927. The predicted octanol–water partition coefficient (Wildman–Crippen LogP) is 1.43. The summed E-state index contributed by atoms with van der Waals surface area (Å²) in [7, 11) is 0.